The van der Waals surface area contributed by atoms with Gasteiger partial charge in [-0.3, -0.25) is 4.79 Å². The number of amides is 1. The number of carboxylic acids is 1. The fourth-order valence-corrected chi connectivity index (χ4v) is 3.27. The predicted molar refractivity (Wildman–Crippen MR) is 88.2 cm³/mol. The first-order valence-electron chi connectivity index (χ1n) is 8.47. The summed E-state index contributed by atoms with van der Waals surface area (Å²) < 4.78 is 43.7. The third kappa shape index (κ3) is 5.12. The summed E-state index contributed by atoms with van der Waals surface area (Å²) in [6, 6.07) is 4.44. The highest BCUT2D eigenvalue weighted by atomic mass is 19.4. The summed E-state index contributed by atoms with van der Waals surface area (Å²) in [5.41, 5.74) is 0.810. The molecule has 26 heavy (non-hydrogen) atoms. The highest BCUT2D eigenvalue weighted by molar-refractivity contribution is 5.88. The second-order valence-corrected chi connectivity index (χ2v) is 6.47. The minimum absolute atomic E-state index is 0.0837. The Hall–Kier alpha value is -2.25. The van der Waals surface area contributed by atoms with E-state index in [-0.39, 0.29) is 30.9 Å². The number of halogens is 3. The number of hydrogen-bond donors (Lipinski definition) is 2. The smallest absolute Gasteiger partial charge is 0.391 e. The van der Waals surface area contributed by atoms with Crippen molar-refractivity contribution in [3.05, 3.63) is 29.3 Å². The lowest BCUT2D eigenvalue weighted by atomic mass is 9.80. The number of rotatable bonds is 6. The lowest BCUT2D eigenvalue weighted by molar-refractivity contribution is -0.186. The van der Waals surface area contributed by atoms with Crippen LogP contribution in [-0.2, 0) is 11.2 Å². The number of alkyl halides is 3. The van der Waals surface area contributed by atoms with Gasteiger partial charge in [0, 0.05) is 12.5 Å². The van der Waals surface area contributed by atoms with Crippen LogP contribution in [0.5, 0.6) is 5.75 Å². The fourth-order valence-electron chi connectivity index (χ4n) is 3.27. The topological polar surface area (TPSA) is 75.6 Å². The fraction of sp³-hybridized carbons (Fsp3) is 0.556. The maximum absolute atomic E-state index is 12.8. The van der Waals surface area contributed by atoms with Gasteiger partial charge in [-0.15, -0.1) is 0 Å². The SMILES string of the molecule is COc1cc(C(=O)O)ccc1CCNC(=O)C1CCCC(C(F)(F)F)C1. The summed E-state index contributed by atoms with van der Waals surface area (Å²) in [6.07, 6.45) is -3.07. The normalized spacial score (nSPS) is 20.5. The molecular weight excluding hydrogens is 351 g/mol. The standard InChI is InChI=1S/C18H22F3NO4/c1-26-15-10-13(17(24)25)6-5-11(15)7-8-22-16(23)12-3-2-4-14(9-12)18(19,20)21/h5-6,10,12,14H,2-4,7-9H2,1H3,(H,22,23)(H,24,25). The van der Waals surface area contributed by atoms with E-state index < -0.39 is 24.0 Å². The van der Waals surface area contributed by atoms with Crippen LogP contribution in [0.15, 0.2) is 18.2 Å². The van der Waals surface area contributed by atoms with Crippen molar-refractivity contribution in [3.63, 3.8) is 0 Å². The predicted octanol–water partition coefficient (Wildman–Crippen LogP) is 3.42. The van der Waals surface area contributed by atoms with Crippen molar-refractivity contribution < 1.29 is 32.6 Å². The zero-order valence-corrected chi connectivity index (χ0v) is 14.4. The maximum atomic E-state index is 12.8. The molecule has 144 valence electrons. The highest BCUT2D eigenvalue weighted by Gasteiger charge is 2.43. The second kappa shape index (κ2) is 8.42. The van der Waals surface area contributed by atoms with Gasteiger partial charge in [0.25, 0.3) is 0 Å². The number of methoxy groups -OCH3 is 1. The van der Waals surface area contributed by atoms with Gasteiger partial charge < -0.3 is 15.2 Å². The van der Waals surface area contributed by atoms with Gasteiger partial charge in [0.1, 0.15) is 5.75 Å². The van der Waals surface area contributed by atoms with E-state index in [1.807, 2.05) is 0 Å². The van der Waals surface area contributed by atoms with Crippen molar-refractivity contribution in [1.29, 1.82) is 0 Å². The summed E-state index contributed by atoms with van der Waals surface area (Å²) in [4.78, 5) is 23.1. The van der Waals surface area contributed by atoms with Gasteiger partial charge in [-0.05, 0) is 43.4 Å². The van der Waals surface area contributed by atoms with Gasteiger partial charge in [0.05, 0.1) is 18.6 Å². The molecule has 1 amide bonds. The van der Waals surface area contributed by atoms with Crippen molar-refractivity contribution in [3.8, 4) is 5.75 Å². The van der Waals surface area contributed by atoms with Gasteiger partial charge in [-0.1, -0.05) is 12.5 Å². The average molecular weight is 373 g/mol. The van der Waals surface area contributed by atoms with Crippen LogP contribution in [0, 0.1) is 11.8 Å². The number of carbonyl (C=O) groups is 2. The Morgan fingerprint density at radius 3 is 2.65 bits per heavy atom. The van der Waals surface area contributed by atoms with E-state index in [9.17, 15) is 22.8 Å². The van der Waals surface area contributed by atoms with Crippen LogP contribution in [0.3, 0.4) is 0 Å². The van der Waals surface area contributed by atoms with E-state index in [2.05, 4.69) is 5.32 Å². The van der Waals surface area contributed by atoms with E-state index in [4.69, 9.17) is 9.84 Å². The lowest BCUT2D eigenvalue weighted by Gasteiger charge is -2.29. The number of benzene rings is 1. The minimum Gasteiger partial charge on any atom is -0.496 e. The van der Waals surface area contributed by atoms with E-state index in [0.29, 0.717) is 25.0 Å². The molecule has 0 spiro atoms. The monoisotopic (exact) mass is 373 g/mol. The van der Waals surface area contributed by atoms with Crippen LogP contribution in [-0.4, -0.2) is 36.8 Å². The third-order valence-corrected chi connectivity index (χ3v) is 4.74. The molecule has 0 saturated heterocycles. The third-order valence-electron chi connectivity index (χ3n) is 4.74. The number of carboxylic acid groups (broad SMARTS) is 1. The number of carbonyl (C=O) groups excluding carboxylic acids is 1. The summed E-state index contributed by atoms with van der Waals surface area (Å²) in [6.45, 7) is 0.245. The molecule has 1 fully saturated rings. The Morgan fingerprint density at radius 1 is 1.31 bits per heavy atom. The molecule has 1 aliphatic carbocycles. The molecule has 5 nitrogen and oxygen atoms in total. The maximum Gasteiger partial charge on any atom is 0.391 e. The molecule has 1 aromatic carbocycles. The molecule has 0 radical (unpaired) electrons. The number of hydrogen-bond acceptors (Lipinski definition) is 3. The molecule has 0 aliphatic heterocycles. The van der Waals surface area contributed by atoms with Crippen LogP contribution in [0.25, 0.3) is 0 Å². The molecular formula is C18H22F3NO4. The molecule has 0 aromatic heterocycles. The van der Waals surface area contributed by atoms with Crippen molar-refractivity contribution in [2.75, 3.05) is 13.7 Å². The molecule has 0 bridgehead atoms. The molecule has 1 aliphatic rings. The average Bonchev–Trinajstić information content (AvgIpc) is 2.61. The summed E-state index contributed by atoms with van der Waals surface area (Å²) in [7, 11) is 1.42. The van der Waals surface area contributed by atoms with Crippen molar-refractivity contribution >= 4 is 11.9 Å². The van der Waals surface area contributed by atoms with Gasteiger partial charge in [-0.2, -0.15) is 13.2 Å². The van der Waals surface area contributed by atoms with Crippen molar-refractivity contribution in [1.82, 2.24) is 5.32 Å². The molecule has 8 heteroatoms. The van der Waals surface area contributed by atoms with Crippen molar-refractivity contribution in [2.45, 2.75) is 38.3 Å². The Balaban J connectivity index is 1.89. The Bertz CT molecular complexity index is 660. The van der Waals surface area contributed by atoms with E-state index in [1.54, 1.807) is 6.07 Å². The molecule has 2 atom stereocenters. The zero-order chi connectivity index (χ0) is 19.3. The first-order valence-corrected chi connectivity index (χ1v) is 8.47. The molecule has 0 heterocycles. The number of ether oxygens (including phenoxy) is 1. The first-order chi connectivity index (χ1) is 12.2. The quantitative estimate of drug-likeness (QED) is 0.801. The van der Waals surface area contributed by atoms with Gasteiger partial charge in [0.15, 0.2) is 0 Å². The molecule has 2 rings (SSSR count). The van der Waals surface area contributed by atoms with E-state index in [0.717, 1.165) is 5.56 Å². The molecule has 1 saturated carbocycles. The van der Waals surface area contributed by atoms with Crippen molar-refractivity contribution in [2.24, 2.45) is 11.8 Å². The second-order valence-electron chi connectivity index (χ2n) is 6.47. The van der Waals surface area contributed by atoms with Crippen LogP contribution < -0.4 is 10.1 Å². The minimum atomic E-state index is -4.25. The van der Waals surface area contributed by atoms with E-state index >= 15 is 0 Å². The zero-order valence-electron chi connectivity index (χ0n) is 14.4. The van der Waals surface area contributed by atoms with Crippen LogP contribution in [0.2, 0.25) is 0 Å². The van der Waals surface area contributed by atoms with E-state index in [1.165, 1.54) is 19.2 Å². The Kier molecular flexibility index (Phi) is 6.50. The molecule has 2 unspecified atom stereocenters. The van der Waals surface area contributed by atoms with Gasteiger partial charge >= 0.3 is 12.1 Å². The lowest BCUT2D eigenvalue weighted by Crippen LogP contribution is -2.38. The summed E-state index contributed by atoms with van der Waals surface area (Å²) >= 11 is 0. The molecule has 1 aromatic rings. The van der Waals surface area contributed by atoms with Crippen LogP contribution in [0.1, 0.15) is 41.6 Å². The van der Waals surface area contributed by atoms with Gasteiger partial charge in [0.2, 0.25) is 5.91 Å². The number of nitrogens with one attached hydrogen (secondary N) is 1. The van der Waals surface area contributed by atoms with Crippen LogP contribution >= 0.6 is 0 Å². The Morgan fingerprint density at radius 2 is 2.04 bits per heavy atom. The van der Waals surface area contributed by atoms with Gasteiger partial charge in [-0.25, -0.2) is 4.79 Å². The number of aromatic carboxylic acids is 1. The summed E-state index contributed by atoms with van der Waals surface area (Å²) in [5.74, 6) is -3.06. The first kappa shape index (κ1) is 20.1. The highest BCUT2D eigenvalue weighted by Crippen LogP contribution is 2.39. The Labute approximate surface area is 149 Å². The summed E-state index contributed by atoms with van der Waals surface area (Å²) in [5, 5.41) is 11.7. The largest absolute Gasteiger partial charge is 0.496 e. The molecule has 2 N–H and O–H groups in total. The van der Waals surface area contributed by atoms with Crippen LogP contribution in [0.4, 0.5) is 13.2 Å².